The van der Waals surface area contributed by atoms with Crippen LogP contribution >= 0.6 is 27.3 Å². The maximum absolute atomic E-state index is 5.78. The summed E-state index contributed by atoms with van der Waals surface area (Å²) in [4.78, 5) is 1.40. The van der Waals surface area contributed by atoms with E-state index in [1.807, 2.05) is 0 Å². The zero-order valence-corrected chi connectivity index (χ0v) is 11.8. The molecular weight excluding hydrogens is 284 g/mol. The van der Waals surface area contributed by atoms with Gasteiger partial charge in [-0.15, -0.1) is 11.3 Å². The average Bonchev–Trinajstić information content (AvgIpc) is 2.87. The summed E-state index contributed by atoms with van der Waals surface area (Å²) in [5, 5.41) is 5.69. The maximum atomic E-state index is 5.78. The molecule has 0 aromatic carbocycles. The first-order valence-electron chi connectivity index (χ1n) is 5.93. The second kappa shape index (κ2) is 6.15. The molecule has 0 bridgehead atoms. The smallest absolute Gasteiger partial charge is 0.0300 e. The third kappa shape index (κ3) is 3.29. The second-order valence-corrected chi connectivity index (χ2v) is 6.46. The number of nitrogens with two attached hydrogens (primary N) is 1. The first kappa shape index (κ1) is 12.6. The predicted molar refractivity (Wildman–Crippen MR) is 73.6 cm³/mol. The monoisotopic (exact) mass is 302 g/mol. The molecule has 1 saturated carbocycles. The van der Waals surface area contributed by atoms with Gasteiger partial charge in [-0.1, -0.05) is 6.42 Å². The molecule has 2 unspecified atom stereocenters. The summed E-state index contributed by atoms with van der Waals surface area (Å²) in [6.45, 7) is 2.97. The summed E-state index contributed by atoms with van der Waals surface area (Å²) in [7, 11) is 0. The fraction of sp³-hybridized carbons (Fsp3) is 0.667. The van der Waals surface area contributed by atoms with Crippen molar-refractivity contribution in [2.75, 3.05) is 13.1 Å². The summed E-state index contributed by atoms with van der Waals surface area (Å²) in [6, 6.07) is 2.19. The standard InChI is InChI=1S/C12H19BrN2S/c13-11-4-12(16-8-11)7-15-6-10-3-1-2-9(10)5-14/h4,8-10,15H,1-3,5-7,14H2. The highest BCUT2D eigenvalue weighted by atomic mass is 79.9. The van der Waals surface area contributed by atoms with Gasteiger partial charge in [-0.05, 0) is 59.8 Å². The van der Waals surface area contributed by atoms with Crippen LogP contribution in [-0.4, -0.2) is 13.1 Å². The van der Waals surface area contributed by atoms with Crippen LogP contribution in [0.25, 0.3) is 0 Å². The van der Waals surface area contributed by atoms with Crippen LogP contribution in [0.15, 0.2) is 15.9 Å². The number of hydrogen-bond donors (Lipinski definition) is 2. The Morgan fingerprint density at radius 2 is 2.25 bits per heavy atom. The maximum Gasteiger partial charge on any atom is 0.0300 e. The average molecular weight is 303 g/mol. The van der Waals surface area contributed by atoms with Gasteiger partial charge in [0.25, 0.3) is 0 Å². The van der Waals surface area contributed by atoms with E-state index in [1.54, 1.807) is 11.3 Å². The Balaban J connectivity index is 1.71. The molecule has 2 nitrogen and oxygen atoms in total. The van der Waals surface area contributed by atoms with Gasteiger partial charge in [-0.25, -0.2) is 0 Å². The highest BCUT2D eigenvalue weighted by Gasteiger charge is 2.25. The molecule has 1 fully saturated rings. The van der Waals surface area contributed by atoms with E-state index < -0.39 is 0 Å². The Bertz CT molecular complexity index is 327. The van der Waals surface area contributed by atoms with Gasteiger partial charge in [-0.2, -0.15) is 0 Å². The Labute approximate surface area is 110 Å². The second-order valence-electron chi connectivity index (χ2n) is 4.55. The van der Waals surface area contributed by atoms with E-state index >= 15 is 0 Å². The van der Waals surface area contributed by atoms with Crippen molar-refractivity contribution in [3.05, 3.63) is 20.8 Å². The van der Waals surface area contributed by atoms with E-state index in [0.29, 0.717) is 0 Å². The minimum absolute atomic E-state index is 0.752. The van der Waals surface area contributed by atoms with E-state index in [9.17, 15) is 0 Å². The van der Waals surface area contributed by atoms with Crippen molar-refractivity contribution < 1.29 is 0 Å². The van der Waals surface area contributed by atoms with Crippen LogP contribution in [0, 0.1) is 11.8 Å². The molecule has 1 aliphatic carbocycles. The van der Waals surface area contributed by atoms with Gasteiger partial charge >= 0.3 is 0 Å². The van der Waals surface area contributed by atoms with Gasteiger partial charge in [0.05, 0.1) is 0 Å². The van der Waals surface area contributed by atoms with Gasteiger partial charge in [0.15, 0.2) is 0 Å². The number of halogens is 1. The van der Waals surface area contributed by atoms with Crippen LogP contribution in [0.4, 0.5) is 0 Å². The molecule has 1 aliphatic rings. The molecular formula is C12H19BrN2S. The van der Waals surface area contributed by atoms with Crippen molar-refractivity contribution in [1.82, 2.24) is 5.32 Å². The van der Waals surface area contributed by atoms with Crippen LogP contribution in [0.5, 0.6) is 0 Å². The lowest BCUT2D eigenvalue weighted by molar-refractivity contribution is 0.374. The van der Waals surface area contributed by atoms with Crippen molar-refractivity contribution in [2.24, 2.45) is 17.6 Å². The first-order chi connectivity index (χ1) is 7.79. The zero-order chi connectivity index (χ0) is 11.4. The summed E-state index contributed by atoms with van der Waals surface area (Å²) in [6.07, 6.45) is 4.04. The molecule has 0 amide bonds. The molecule has 1 heterocycles. The zero-order valence-electron chi connectivity index (χ0n) is 9.42. The Kier molecular flexibility index (Phi) is 4.82. The largest absolute Gasteiger partial charge is 0.330 e. The first-order valence-corrected chi connectivity index (χ1v) is 7.60. The fourth-order valence-electron chi connectivity index (χ4n) is 2.52. The molecule has 3 N–H and O–H groups in total. The summed E-state index contributed by atoms with van der Waals surface area (Å²) >= 11 is 5.28. The quantitative estimate of drug-likeness (QED) is 0.877. The topological polar surface area (TPSA) is 38.0 Å². The van der Waals surface area contributed by atoms with E-state index in [2.05, 4.69) is 32.7 Å². The van der Waals surface area contributed by atoms with Gasteiger partial charge in [-0.3, -0.25) is 0 Å². The lowest BCUT2D eigenvalue weighted by Crippen LogP contribution is -2.28. The van der Waals surface area contributed by atoms with Gasteiger partial charge in [0.1, 0.15) is 0 Å². The van der Waals surface area contributed by atoms with Crippen LogP contribution in [0.3, 0.4) is 0 Å². The minimum Gasteiger partial charge on any atom is -0.330 e. The molecule has 0 saturated heterocycles. The van der Waals surface area contributed by atoms with E-state index in [1.165, 1.54) is 28.6 Å². The normalized spacial score (nSPS) is 25.1. The van der Waals surface area contributed by atoms with E-state index in [0.717, 1.165) is 31.5 Å². The molecule has 0 spiro atoms. The highest BCUT2D eigenvalue weighted by molar-refractivity contribution is 9.10. The Morgan fingerprint density at radius 1 is 1.44 bits per heavy atom. The third-order valence-electron chi connectivity index (χ3n) is 3.45. The molecule has 90 valence electrons. The van der Waals surface area contributed by atoms with Gasteiger partial charge < -0.3 is 11.1 Å². The SMILES string of the molecule is NCC1CCCC1CNCc1cc(Br)cs1. The predicted octanol–water partition coefficient (Wildman–Crippen LogP) is 2.98. The van der Waals surface area contributed by atoms with Crippen LogP contribution in [-0.2, 0) is 6.54 Å². The summed E-state index contributed by atoms with van der Waals surface area (Å²) in [5.74, 6) is 1.55. The Hall–Kier alpha value is 0.1000. The van der Waals surface area contributed by atoms with Crippen LogP contribution < -0.4 is 11.1 Å². The number of hydrogen-bond acceptors (Lipinski definition) is 3. The lowest BCUT2D eigenvalue weighted by Gasteiger charge is -2.17. The number of nitrogens with one attached hydrogen (secondary N) is 1. The summed E-state index contributed by atoms with van der Waals surface area (Å²) in [5.41, 5.74) is 5.78. The fourth-order valence-corrected chi connectivity index (χ4v) is 3.94. The van der Waals surface area contributed by atoms with Crippen molar-refractivity contribution in [3.63, 3.8) is 0 Å². The molecule has 0 radical (unpaired) electrons. The van der Waals surface area contributed by atoms with Crippen molar-refractivity contribution >= 4 is 27.3 Å². The molecule has 1 aromatic heterocycles. The molecule has 2 atom stereocenters. The van der Waals surface area contributed by atoms with Gasteiger partial charge in [0.2, 0.25) is 0 Å². The third-order valence-corrected chi connectivity index (χ3v) is 5.14. The molecule has 4 heteroatoms. The van der Waals surface area contributed by atoms with E-state index in [-0.39, 0.29) is 0 Å². The lowest BCUT2D eigenvalue weighted by atomic mass is 9.96. The molecule has 2 rings (SSSR count). The number of rotatable bonds is 5. The van der Waals surface area contributed by atoms with Crippen molar-refractivity contribution in [1.29, 1.82) is 0 Å². The van der Waals surface area contributed by atoms with Crippen molar-refractivity contribution in [2.45, 2.75) is 25.8 Å². The minimum atomic E-state index is 0.752. The summed E-state index contributed by atoms with van der Waals surface area (Å²) < 4.78 is 1.19. The van der Waals surface area contributed by atoms with Crippen molar-refractivity contribution in [3.8, 4) is 0 Å². The Morgan fingerprint density at radius 3 is 2.94 bits per heavy atom. The highest BCUT2D eigenvalue weighted by Crippen LogP contribution is 2.30. The molecule has 16 heavy (non-hydrogen) atoms. The molecule has 0 aliphatic heterocycles. The number of thiophene rings is 1. The van der Waals surface area contributed by atoms with E-state index in [4.69, 9.17) is 5.73 Å². The van der Waals surface area contributed by atoms with Gasteiger partial charge in [0, 0.05) is 21.3 Å². The van der Waals surface area contributed by atoms with Crippen LogP contribution in [0.1, 0.15) is 24.1 Å². The molecule has 1 aromatic rings. The van der Waals surface area contributed by atoms with Crippen LogP contribution in [0.2, 0.25) is 0 Å².